The molecule has 0 N–H and O–H groups in total. The molecule has 250 valence electrons. The average molecular weight is 694 g/mol. The van der Waals surface area contributed by atoms with Crippen LogP contribution in [0.2, 0.25) is 13.1 Å². The molecule has 0 amide bonds. The van der Waals surface area contributed by atoms with Gasteiger partial charge in [-0.1, -0.05) is 165 Å². The van der Waals surface area contributed by atoms with E-state index in [4.69, 9.17) is 15.0 Å². The summed E-state index contributed by atoms with van der Waals surface area (Å²) in [7, 11) is -1.99. The molecule has 2 heterocycles. The van der Waals surface area contributed by atoms with Crippen LogP contribution in [0, 0.1) is 0 Å². The first-order chi connectivity index (χ1) is 26.0. The molecule has 0 radical (unpaired) electrons. The van der Waals surface area contributed by atoms with Crippen molar-refractivity contribution in [2.45, 2.75) is 13.1 Å². The van der Waals surface area contributed by atoms with Crippen molar-refractivity contribution in [2.24, 2.45) is 0 Å². The topological polar surface area (TPSA) is 38.7 Å². The summed E-state index contributed by atoms with van der Waals surface area (Å²) in [5.74, 6) is 2.01. The van der Waals surface area contributed by atoms with Crippen molar-refractivity contribution >= 4 is 40.0 Å². The smallest absolute Gasteiger partial charge is 0.164 e. The number of benzene rings is 8. The summed E-state index contributed by atoms with van der Waals surface area (Å²) in [5.41, 5.74) is 10.3. The van der Waals surface area contributed by atoms with Crippen LogP contribution in [0.3, 0.4) is 0 Å². The van der Waals surface area contributed by atoms with Gasteiger partial charge in [-0.2, -0.15) is 0 Å². The molecule has 1 aliphatic rings. The van der Waals surface area contributed by atoms with E-state index in [9.17, 15) is 0 Å². The van der Waals surface area contributed by atoms with E-state index in [0.717, 1.165) is 33.2 Å². The van der Waals surface area contributed by atoms with Crippen molar-refractivity contribution < 1.29 is 0 Å². The van der Waals surface area contributed by atoms with Crippen LogP contribution < -0.4 is 10.4 Å². The van der Waals surface area contributed by atoms with Gasteiger partial charge >= 0.3 is 0 Å². The van der Waals surface area contributed by atoms with Gasteiger partial charge in [-0.15, -0.1) is 0 Å². The highest BCUT2D eigenvalue weighted by Crippen LogP contribution is 2.35. The van der Waals surface area contributed by atoms with Crippen molar-refractivity contribution in [3.05, 3.63) is 176 Å². The Morgan fingerprint density at radius 3 is 1.40 bits per heavy atom. The first-order valence-corrected chi connectivity index (χ1v) is 21.2. The molecule has 0 spiro atoms. The molecule has 4 heteroatoms. The van der Waals surface area contributed by atoms with Gasteiger partial charge in [0.1, 0.15) is 8.07 Å². The summed E-state index contributed by atoms with van der Waals surface area (Å²) >= 11 is 0. The Balaban J connectivity index is 1.12. The Kier molecular flexibility index (Phi) is 7.27. The van der Waals surface area contributed by atoms with Crippen molar-refractivity contribution in [1.29, 1.82) is 0 Å². The van der Waals surface area contributed by atoms with Gasteiger partial charge in [-0.05, 0) is 89.6 Å². The summed E-state index contributed by atoms with van der Waals surface area (Å²) < 4.78 is 0. The molecule has 0 unspecified atom stereocenters. The molecule has 0 aliphatic carbocycles. The standard InChI is InChI=1S/C49H35N3Si/c1-53(2)45-31-42(24-25-43(45)44-29-35-16-9-10-17-36(35)30-46(44)53)49-51-47(40-19-11-18-34(27-40)32-12-5-3-6-13-32)50-48(52-49)41-23-22-38-26-37(20-21-39(38)28-41)33-14-7-4-8-15-33/h3-31H,1-2H3. The van der Waals surface area contributed by atoms with Gasteiger partial charge < -0.3 is 0 Å². The minimum absolute atomic E-state index is 0.661. The third-order valence-electron chi connectivity index (χ3n) is 10.9. The lowest BCUT2D eigenvalue weighted by atomic mass is 9.99. The van der Waals surface area contributed by atoms with Gasteiger partial charge in [0, 0.05) is 16.7 Å². The van der Waals surface area contributed by atoms with Crippen molar-refractivity contribution in [2.75, 3.05) is 0 Å². The fraction of sp³-hybridized carbons (Fsp3) is 0.0408. The predicted molar refractivity (Wildman–Crippen MR) is 224 cm³/mol. The van der Waals surface area contributed by atoms with Crippen LogP contribution in [0.5, 0.6) is 0 Å². The molecular weight excluding hydrogens is 659 g/mol. The lowest BCUT2D eigenvalue weighted by Gasteiger charge is -2.19. The summed E-state index contributed by atoms with van der Waals surface area (Å²) in [6.07, 6.45) is 0. The minimum Gasteiger partial charge on any atom is -0.208 e. The maximum Gasteiger partial charge on any atom is 0.164 e. The molecular formula is C49H35N3Si. The van der Waals surface area contributed by atoms with Crippen LogP contribution in [0.25, 0.3) is 89.1 Å². The number of rotatable bonds is 5. The molecule has 53 heavy (non-hydrogen) atoms. The van der Waals surface area contributed by atoms with E-state index in [0.29, 0.717) is 17.5 Å². The lowest BCUT2D eigenvalue weighted by Crippen LogP contribution is -2.49. The number of hydrogen-bond acceptors (Lipinski definition) is 3. The fourth-order valence-electron chi connectivity index (χ4n) is 7.99. The monoisotopic (exact) mass is 693 g/mol. The average Bonchev–Trinajstić information content (AvgIpc) is 3.44. The molecule has 1 aliphatic heterocycles. The van der Waals surface area contributed by atoms with Gasteiger partial charge in [0.25, 0.3) is 0 Å². The molecule has 0 fully saturated rings. The van der Waals surface area contributed by atoms with Crippen LogP contribution in [-0.2, 0) is 0 Å². The van der Waals surface area contributed by atoms with E-state index in [1.807, 2.05) is 6.07 Å². The molecule has 10 rings (SSSR count). The highest BCUT2D eigenvalue weighted by molar-refractivity contribution is 7.04. The highest BCUT2D eigenvalue weighted by Gasteiger charge is 2.38. The summed E-state index contributed by atoms with van der Waals surface area (Å²) in [4.78, 5) is 15.6. The minimum atomic E-state index is -1.99. The van der Waals surface area contributed by atoms with E-state index >= 15 is 0 Å². The number of fused-ring (bicyclic) bond motifs is 5. The second kappa shape index (κ2) is 12.3. The molecule has 3 nitrogen and oxygen atoms in total. The highest BCUT2D eigenvalue weighted by atomic mass is 28.3. The SMILES string of the molecule is C[Si]1(C)c2cc(-c3nc(-c4cccc(-c5ccccc5)c4)nc(-c4ccc5cc(-c6ccccc6)ccc5c4)n3)ccc2-c2cc3ccccc3cc21. The van der Waals surface area contributed by atoms with E-state index in [1.54, 1.807) is 0 Å². The van der Waals surface area contributed by atoms with E-state index in [1.165, 1.54) is 48.8 Å². The Bertz CT molecular complexity index is 2860. The Morgan fingerprint density at radius 1 is 0.302 bits per heavy atom. The summed E-state index contributed by atoms with van der Waals surface area (Å²) in [6, 6.07) is 63.0. The summed E-state index contributed by atoms with van der Waals surface area (Å²) in [5, 5.41) is 7.82. The number of hydrogen-bond donors (Lipinski definition) is 0. The second-order valence-electron chi connectivity index (χ2n) is 14.5. The van der Waals surface area contributed by atoms with Crippen LogP contribution >= 0.6 is 0 Å². The van der Waals surface area contributed by atoms with Gasteiger partial charge in [0.2, 0.25) is 0 Å². The second-order valence-corrected chi connectivity index (χ2v) is 18.9. The van der Waals surface area contributed by atoms with Crippen LogP contribution in [-0.4, -0.2) is 23.0 Å². The van der Waals surface area contributed by atoms with Gasteiger partial charge in [0.05, 0.1) is 0 Å². The van der Waals surface area contributed by atoms with Crippen LogP contribution in [0.1, 0.15) is 0 Å². The molecule has 9 aromatic rings. The summed E-state index contributed by atoms with van der Waals surface area (Å²) in [6.45, 7) is 4.93. The predicted octanol–water partition coefficient (Wildman–Crippen LogP) is 11.3. The van der Waals surface area contributed by atoms with Crippen LogP contribution in [0.4, 0.5) is 0 Å². The fourth-order valence-corrected chi connectivity index (χ4v) is 11.1. The third-order valence-corrected chi connectivity index (χ3v) is 14.4. The molecule has 0 saturated heterocycles. The molecule has 0 saturated carbocycles. The van der Waals surface area contributed by atoms with E-state index in [-0.39, 0.29) is 0 Å². The molecule has 0 bridgehead atoms. The zero-order chi connectivity index (χ0) is 35.5. The quantitative estimate of drug-likeness (QED) is 0.168. The van der Waals surface area contributed by atoms with Gasteiger partial charge in [-0.3, -0.25) is 0 Å². The zero-order valence-electron chi connectivity index (χ0n) is 29.6. The Labute approximate surface area is 310 Å². The molecule has 1 aromatic heterocycles. The van der Waals surface area contributed by atoms with Crippen molar-refractivity contribution in [1.82, 2.24) is 15.0 Å². The number of aromatic nitrogens is 3. The van der Waals surface area contributed by atoms with E-state index in [2.05, 4.69) is 183 Å². The molecule has 8 aromatic carbocycles. The van der Waals surface area contributed by atoms with Crippen molar-refractivity contribution in [3.8, 4) is 67.5 Å². The third kappa shape index (κ3) is 5.47. The molecule has 0 atom stereocenters. The Morgan fingerprint density at radius 2 is 0.736 bits per heavy atom. The first-order valence-electron chi connectivity index (χ1n) is 18.2. The Hall–Kier alpha value is -6.49. The first kappa shape index (κ1) is 31.3. The van der Waals surface area contributed by atoms with Gasteiger partial charge in [0.15, 0.2) is 17.5 Å². The van der Waals surface area contributed by atoms with E-state index < -0.39 is 8.07 Å². The lowest BCUT2D eigenvalue weighted by molar-refractivity contribution is 1.07. The maximum atomic E-state index is 5.21. The van der Waals surface area contributed by atoms with Gasteiger partial charge in [-0.25, -0.2) is 15.0 Å². The van der Waals surface area contributed by atoms with Crippen LogP contribution in [0.15, 0.2) is 176 Å². The largest absolute Gasteiger partial charge is 0.208 e. The number of nitrogens with zero attached hydrogens (tertiary/aromatic N) is 3. The zero-order valence-corrected chi connectivity index (χ0v) is 30.6. The maximum absolute atomic E-state index is 5.21. The van der Waals surface area contributed by atoms with Crippen molar-refractivity contribution in [3.63, 3.8) is 0 Å². The normalized spacial score (nSPS) is 12.9.